The summed E-state index contributed by atoms with van der Waals surface area (Å²) < 4.78 is 4.77. The van der Waals surface area contributed by atoms with Gasteiger partial charge in [0.05, 0.1) is 0 Å². The average Bonchev–Trinajstić information content (AvgIpc) is 2.60. The van der Waals surface area contributed by atoms with Gasteiger partial charge < -0.3 is 21.1 Å². The summed E-state index contributed by atoms with van der Waals surface area (Å²) in [6.07, 6.45) is 0.869. The summed E-state index contributed by atoms with van der Waals surface area (Å²) in [5.41, 5.74) is 12.0. The molecule has 2 aromatic rings. The maximum Gasteiger partial charge on any atom is 0.219 e. The zero-order valence-electron chi connectivity index (χ0n) is 18.8. The number of nitrogens with one attached hydrogen (secondary N) is 2. The summed E-state index contributed by atoms with van der Waals surface area (Å²) >= 11 is 0. The Labute approximate surface area is 180 Å². The van der Waals surface area contributed by atoms with Crippen molar-refractivity contribution in [2.24, 2.45) is 5.73 Å². The number of benzene rings is 2. The zero-order valence-corrected chi connectivity index (χ0v) is 18.8. The van der Waals surface area contributed by atoms with Gasteiger partial charge in [-0.05, 0) is 74.2 Å². The first-order valence-electron chi connectivity index (χ1n) is 10.1. The van der Waals surface area contributed by atoms with Gasteiger partial charge in [0.15, 0.2) is 5.78 Å². The van der Waals surface area contributed by atoms with Crippen molar-refractivity contribution in [2.45, 2.75) is 40.5 Å². The lowest BCUT2D eigenvalue weighted by Gasteiger charge is -2.08. The fourth-order valence-corrected chi connectivity index (χ4v) is 3.06. The summed E-state index contributed by atoms with van der Waals surface area (Å²) in [5, 5.41) is 6.40. The predicted molar refractivity (Wildman–Crippen MR) is 124 cm³/mol. The van der Waals surface area contributed by atoms with E-state index in [2.05, 4.69) is 48.7 Å². The van der Waals surface area contributed by atoms with Gasteiger partial charge in [0.25, 0.3) is 0 Å². The number of Topliss-reactive ketones (excluding diaryl/α,β-unsaturated/α-hetero) is 1. The van der Waals surface area contributed by atoms with Crippen LogP contribution in [0, 0.1) is 27.7 Å². The molecule has 0 unspecified atom stereocenters. The predicted octanol–water partition coefficient (Wildman–Crippen LogP) is 3.91. The lowest BCUT2D eigenvalue weighted by molar-refractivity contribution is -0.122. The smallest absolute Gasteiger partial charge is 0.219 e. The summed E-state index contributed by atoms with van der Waals surface area (Å²) in [7, 11) is 1.54. The van der Waals surface area contributed by atoms with Crippen LogP contribution in [0.25, 0.3) is 0 Å². The fraction of sp³-hybridized carbons (Fsp3) is 0.417. The monoisotopic (exact) mass is 413 g/mol. The Bertz CT molecular complexity index is 794. The molecule has 2 rings (SSSR count). The topological polar surface area (TPSA) is 93.4 Å². The standard InChI is InChI=1S/C13H19NO2.C11H16N2O/c1-10-6-11(2)8-12(7-10)14-5-4-13(15)9-16-3;1-8-5-9(2)7-10(6-8)13-4-3-11(12)14/h6-8,14H,4-5,9H2,1-3H3;5-7,13H,3-4H2,1-2H3,(H2,12,14). The quantitative estimate of drug-likeness (QED) is 0.549. The Kier molecular flexibility index (Phi) is 11.2. The Morgan fingerprint density at radius 3 is 1.53 bits per heavy atom. The van der Waals surface area contributed by atoms with E-state index in [1.807, 2.05) is 26.0 Å². The minimum Gasteiger partial charge on any atom is -0.385 e. The third-order valence-corrected chi connectivity index (χ3v) is 4.18. The highest BCUT2D eigenvalue weighted by molar-refractivity contribution is 5.80. The lowest BCUT2D eigenvalue weighted by Crippen LogP contribution is -2.15. The molecule has 0 aromatic heterocycles. The maximum absolute atomic E-state index is 11.2. The number of ketones is 1. The van der Waals surface area contributed by atoms with Crippen molar-refractivity contribution in [3.8, 4) is 0 Å². The van der Waals surface area contributed by atoms with Crippen LogP contribution in [-0.4, -0.2) is 38.5 Å². The van der Waals surface area contributed by atoms with E-state index in [0.717, 1.165) is 11.4 Å². The number of hydrogen-bond donors (Lipinski definition) is 3. The number of nitrogens with two attached hydrogens (primary N) is 1. The molecular weight excluding hydrogens is 378 g/mol. The minimum atomic E-state index is -0.276. The van der Waals surface area contributed by atoms with Gasteiger partial charge in [0, 0.05) is 44.4 Å². The molecule has 0 aliphatic heterocycles. The van der Waals surface area contributed by atoms with Crippen LogP contribution >= 0.6 is 0 Å². The van der Waals surface area contributed by atoms with Gasteiger partial charge in [-0.1, -0.05) is 12.1 Å². The van der Waals surface area contributed by atoms with Gasteiger partial charge in [-0.2, -0.15) is 0 Å². The molecule has 0 aliphatic rings. The third kappa shape index (κ3) is 11.2. The van der Waals surface area contributed by atoms with Crippen LogP contribution in [0.4, 0.5) is 11.4 Å². The van der Waals surface area contributed by atoms with Gasteiger partial charge in [-0.3, -0.25) is 9.59 Å². The number of amides is 1. The van der Waals surface area contributed by atoms with Gasteiger partial charge in [-0.15, -0.1) is 0 Å². The summed E-state index contributed by atoms with van der Waals surface area (Å²) in [6.45, 7) is 9.68. The van der Waals surface area contributed by atoms with E-state index in [0.29, 0.717) is 25.9 Å². The number of anilines is 2. The second-order valence-electron chi connectivity index (χ2n) is 7.54. The molecule has 0 spiro atoms. The molecule has 30 heavy (non-hydrogen) atoms. The largest absolute Gasteiger partial charge is 0.385 e. The Balaban J connectivity index is 0.000000303. The number of ether oxygens (including phenoxy) is 1. The van der Waals surface area contributed by atoms with Crippen LogP contribution in [0.5, 0.6) is 0 Å². The van der Waals surface area contributed by atoms with E-state index in [4.69, 9.17) is 10.5 Å². The van der Waals surface area contributed by atoms with Crippen LogP contribution in [-0.2, 0) is 14.3 Å². The molecule has 6 nitrogen and oxygen atoms in total. The van der Waals surface area contributed by atoms with E-state index < -0.39 is 0 Å². The number of hydrogen-bond acceptors (Lipinski definition) is 5. The Morgan fingerprint density at radius 1 is 0.767 bits per heavy atom. The Morgan fingerprint density at radius 2 is 1.17 bits per heavy atom. The van der Waals surface area contributed by atoms with Crippen molar-refractivity contribution < 1.29 is 14.3 Å². The summed E-state index contributed by atoms with van der Waals surface area (Å²) in [4.78, 5) is 21.7. The molecule has 1 amide bonds. The first kappa shape index (κ1) is 25.2. The highest BCUT2D eigenvalue weighted by atomic mass is 16.5. The molecule has 0 saturated carbocycles. The van der Waals surface area contributed by atoms with Crippen molar-refractivity contribution in [1.29, 1.82) is 0 Å². The summed E-state index contributed by atoms with van der Waals surface area (Å²) in [6, 6.07) is 12.5. The van der Waals surface area contributed by atoms with E-state index in [9.17, 15) is 9.59 Å². The highest BCUT2D eigenvalue weighted by Crippen LogP contribution is 2.14. The normalized spacial score (nSPS) is 10.0. The SMILES string of the molecule is COCC(=O)CCNc1cc(C)cc(C)c1.Cc1cc(C)cc(NCCC(N)=O)c1. The zero-order chi connectivity index (χ0) is 22.5. The Hall–Kier alpha value is -2.86. The lowest BCUT2D eigenvalue weighted by atomic mass is 10.1. The number of methoxy groups -OCH3 is 1. The second-order valence-corrected chi connectivity index (χ2v) is 7.54. The van der Waals surface area contributed by atoms with Crippen LogP contribution in [0.2, 0.25) is 0 Å². The first-order valence-corrected chi connectivity index (χ1v) is 10.1. The molecule has 164 valence electrons. The van der Waals surface area contributed by atoms with Gasteiger partial charge >= 0.3 is 0 Å². The minimum absolute atomic E-state index is 0.124. The number of rotatable bonds is 10. The molecule has 6 heteroatoms. The molecule has 0 aliphatic carbocycles. The molecule has 0 bridgehead atoms. The number of aryl methyl sites for hydroxylation is 4. The van der Waals surface area contributed by atoms with Crippen LogP contribution in [0.15, 0.2) is 36.4 Å². The van der Waals surface area contributed by atoms with Crippen molar-refractivity contribution in [3.05, 3.63) is 58.7 Å². The maximum atomic E-state index is 11.2. The second kappa shape index (κ2) is 13.4. The highest BCUT2D eigenvalue weighted by Gasteiger charge is 2.01. The van der Waals surface area contributed by atoms with E-state index in [1.165, 1.54) is 29.4 Å². The van der Waals surface area contributed by atoms with Crippen molar-refractivity contribution in [3.63, 3.8) is 0 Å². The van der Waals surface area contributed by atoms with E-state index in [1.54, 1.807) is 0 Å². The molecule has 2 aromatic carbocycles. The van der Waals surface area contributed by atoms with Crippen LogP contribution in [0.1, 0.15) is 35.1 Å². The van der Waals surface area contributed by atoms with Gasteiger partial charge in [0.2, 0.25) is 5.91 Å². The van der Waals surface area contributed by atoms with E-state index in [-0.39, 0.29) is 18.3 Å². The van der Waals surface area contributed by atoms with Crippen LogP contribution < -0.4 is 16.4 Å². The molecule has 0 saturated heterocycles. The summed E-state index contributed by atoms with van der Waals surface area (Å²) in [5.74, 6) is -0.152. The van der Waals surface area contributed by atoms with Gasteiger partial charge in [0.1, 0.15) is 6.61 Å². The number of carbonyl (C=O) groups is 2. The number of primary amides is 1. The average molecular weight is 414 g/mol. The van der Waals surface area contributed by atoms with Crippen molar-refractivity contribution in [2.75, 3.05) is 37.4 Å². The van der Waals surface area contributed by atoms with E-state index >= 15 is 0 Å². The molecule has 4 N–H and O–H groups in total. The third-order valence-electron chi connectivity index (χ3n) is 4.18. The van der Waals surface area contributed by atoms with Crippen molar-refractivity contribution >= 4 is 23.1 Å². The molecular formula is C24H35N3O3. The molecule has 0 heterocycles. The van der Waals surface area contributed by atoms with Crippen molar-refractivity contribution in [1.82, 2.24) is 0 Å². The molecule has 0 atom stereocenters. The first-order chi connectivity index (χ1) is 14.2. The fourth-order valence-electron chi connectivity index (χ4n) is 3.06. The van der Waals surface area contributed by atoms with Crippen LogP contribution in [0.3, 0.4) is 0 Å². The van der Waals surface area contributed by atoms with Gasteiger partial charge in [-0.25, -0.2) is 0 Å². The molecule has 0 fully saturated rings. The molecule has 0 radical (unpaired) electrons. The number of carbonyl (C=O) groups excluding carboxylic acids is 2.